The minimum Gasteiger partial charge on any atom is -0.356 e. The molecule has 0 aliphatic carbocycles. The lowest BCUT2D eigenvalue weighted by molar-refractivity contribution is -0.384. The molecular weight excluding hydrogens is 232 g/mol. The minimum atomic E-state index is -0.418. The van der Waals surface area contributed by atoms with E-state index in [0.29, 0.717) is 16.8 Å². The van der Waals surface area contributed by atoms with Crippen LogP contribution in [-0.2, 0) is 0 Å². The van der Waals surface area contributed by atoms with E-state index in [1.54, 1.807) is 24.3 Å². The lowest BCUT2D eigenvalue weighted by atomic mass is 10.1. The number of benzene rings is 2. The fraction of sp³-hybridized carbons (Fsp3) is 0. The third kappa shape index (κ3) is 1.53. The molecule has 0 saturated carbocycles. The van der Waals surface area contributed by atoms with Crippen LogP contribution in [0.1, 0.15) is 0 Å². The van der Waals surface area contributed by atoms with Gasteiger partial charge in [-0.15, -0.1) is 0 Å². The van der Waals surface area contributed by atoms with Crippen molar-refractivity contribution in [1.29, 1.82) is 0 Å². The second-order valence-electron chi connectivity index (χ2n) is 3.80. The maximum absolute atomic E-state index is 11.0. The number of nitrogens with zero attached hydrogens (tertiary/aromatic N) is 2. The van der Waals surface area contributed by atoms with Crippen molar-refractivity contribution >= 4 is 16.7 Å². The zero-order valence-corrected chi connectivity index (χ0v) is 9.24. The first-order valence-corrected chi connectivity index (χ1v) is 5.35. The van der Waals surface area contributed by atoms with Crippen LogP contribution in [0.15, 0.2) is 53.1 Å². The van der Waals surface area contributed by atoms with Crippen molar-refractivity contribution in [2.24, 2.45) is 0 Å². The first kappa shape index (κ1) is 10.5. The van der Waals surface area contributed by atoms with Crippen LogP contribution >= 0.6 is 0 Å². The molecule has 0 atom stereocenters. The molecule has 18 heavy (non-hydrogen) atoms. The van der Waals surface area contributed by atoms with Crippen molar-refractivity contribution < 1.29 is 9.45 Å². The summed E-state index contributed by atoms with van der Waals surface area (Å²) in [6.07, 6.45) is 0. The van der Waals surface area contributed by atoms with E-state index in [1.807, 2.05) is 18.2 Å². The number of nitro groups is 1. The van der Waals surface area contributed by atoms with Gasteiger partial charge in [0.1, 0.15) is 5.69 Å². The number of nitro benzene ring substituents is 1. The molecule has 3 rings (SSSR count). The fourth-order valence-electron chi connectivity index (χ4n) is 1.91. The highest BCUT2D eigenvalue weighted by Crippen LogP contribution is 2.33. The van der Waals surface area contributed by atoms with Crippen LogP contribution < -0.4 is 0 Å². The smallest absolute Gasteiger partial charge is 0.278 e. The molecule has 0 bridgehead atoms. The SMILES string of the molecule is O=[N+]([O-])c1ccccc1-c1noc2ccccc12. The molecule has 0 amide bonds. The highest BCUT2D eigenvalue weighted by atomic mass is 16.6. The van der Waals surface area contributed by atoms with Crippen molar-refractivity contribution in [3.05, 3.63) is 58.6 Å². The van der Waals surface area contributed by atoms with Gasteiger partial charge in [0.05, 0.1) is 10.5 Å². The maximum Gasteiger partial charge on any atom is 0.278 e. The monoisotopic (exact) mass is 240 g/mol. The Kier molecular flexibility index (Phi) is 2.30. The van der Waals surface area contributed by atoms with Gasteiger partial charge < -0.3 is 4.52 Å². The summed E-state index contributed by atoms with van der Waals surface area (Å²) in [4.78, 5) is 10.6. The average molecular weight is 240 g/mol. The van der Waals surface area contributed by atoms with Gasteiger partial charge in [0.2, 0.25) is 0 Å². The lowest BCUT2D eigenvalue weighted by Crippen LogP contribution is -1.91. The minimum absolute atomic E-state index is 0.0246. The van der Waals surface area contributed by atoms with Crippen molar-refractivity contribution in [2.75, 3.05) is 0 Å². The van der Waals surface area contributed by atoms with Gasteiger partial charge in [0.15, 0.2) is 5.58 Å². The van der Waals surface area contributed by atoms with Gasteiger partial charge in [0.25, 0.3) is 5.69 Å². The van der Waals surface area contributed by atoms with E-state index in [0.717, 1.165) is 5.39 Å². The van der Waals surface area contributed by atoms with Crippen LogP contribution in [0.5, 0.6) is 0 Å². The second kappa shape index (κ2) is 3.96. The lowest BCUT2D eigenvalue weighted by Gasteiger charge is -1.98. The Morgan fingerprint density at radius 1 is 1.06 bits per heavy atom. The van der Waals surface area contributed by atoms with E-state index in [1.165, 1.54) is 6.07 Å². The van der Waals surface area contributed by atoms with Gasteiger partial charge >= 0.3 is 0 Å². The molecular formula is C13H8N2O3. The van der Waals surface area contributed by atoms with Crippen molar-refractivity contribution in [3.63, 3.8) is 0 Å². The Balaban J connectivity index is 2.30. The van der Waals surface area contributed by atoms with Gasteiger partial charge in [-0.25, -0.2) is 0 Å². The molecule has 3 aromatic rings. The van der Waals surface area contributed by atoms with E-state index in [-0.39, 0.29) is 5.69 Å². The molecule has 0 N–H and O–H groups in total. The Labute approximate surface area is 102 Å². The molecule has 2 aromatic carbocycles. The van der Waals surface area contributed by atoms with E-state index in [9.17, 15) is 10.1 Å². The van der Waals surface area contributed by atoms with E-state index in [2.05, 4.69) is 5.16 Å². The van der Waals surface area contributed by atoms with Crippen molar-refractivity contribution in [3.8, 4) is 11.3 Å². The van der Waals surface area contributed by atoms with Crippen LogP contribution in [0.4, 0.5) is 5.69 Å². The van der Waals surface area contributed by atoms with Gasteiger partial charge in [-0.3, -0.25) is 10.1 Å². The highest BCUT2D eigenvalue weighted by Gasteiger charge is 2.19. The number of rotatable bonds is 2. The molecule has 1 aromatic heterocycles. The summed E-state index contributed by atoms with van der Waals surface area (Å²) in [5.41, 5.74) is 1.60. The zero-order valence-electron chi connectivity index (χ0n) is 9.24. The highest BCUT2D eigenvalue weighted by molar-refractivity contribution is 5.93. The number of fused-ring (bicyclic) bond motifs is 1. The van der Waals surface area contributed by atoms with E-state index < -0.39 is 4.92 Å². The summed E-state index contributed by atoms with van der Waals surface area (Å²) in [7, 11) is 0. The third-order valence-electron chi connectivity index (χ3n) is 2.73. The van der Waals surface area contributed by atoms with Crippen LogP contribution in [0.25, 0.3) is 22.2 Å². The molecule has 0 unspecified atom stereocenters. The Morgan fingerprint density at radius 3 is 2.61 bits per heavy atom. The summed E-state index contributed by atoms with van der Waals surface area (Å²) in [6.45, 7) is 0. The Morgan fingerprint density at radius 2 is 1.78 bits per heavy atom. The molecule has 0 fully saturated rings. The number of hydrogen-bond donors (Lipinski definition) is 0. The van der Waals surface area contributed by atoms with Gasteiger partial charge in [-0.2, -0.15) is 0 Å². The van der Waals surface area contributed by atoms with Crippen LogP contribution in [0, 0.1) is 10.1 Å². The van der Waals surface area contributed by atoms with Crippen molar-refractivity contribution in [1.82, 2.24) is 5.16 Å². The molecule has 88 valence electrons. The topological polar surface area (TPSA) is 69.2 Å². The van der Waals surface area contributed by atoms with Crippen LogP contribution in [0.2, 0.25) is 0 Å². The molecule has 1 heterocycles. The summed E-state index contributed by atoms with van der Waals surface area (Å²) in [5.74, 6) is 0. The summed E-state index contributed by atoms with van der Waals surface area (Å²) in [5, 5.41) is 15.7. The molecule has 5 heteroatoms. The van der Waals surface area contributed by atoms with Crippen LogP contribution in [-0.4, -0.2) is 10.1 Å². The van der Waals surface area contributed by atoms with Gasteiger partial charge in [0, 0.05) is 11.5 Å². The molecule has 0 saturated heterocycles. The number of aromatic nitrogens is 1. The molecule has 0 spiro atoms. The summed E-state index contributed by atoms with van der Waals surface area (Å²) in [6, 6.07) is 13.8. The first-order chi connectivity index (χ1) is 8.77. The molecule has 0 radical (unpaired) electrons. The number of para-hydroxylation sites is 2. The summed E-state index contributed by atoms with van der Waals surface area (Å²) < 4.78 is 5.17. The normalized spacial score (nSPS) is 10.7. The van der Waals surface area contributed by atoms with E-state index in [4.69, 9.17) is 4.52 Å². The zero-order chi connectivity index (χ0) is 12.5. The standard InChI is InChI=1S/C13H8N2O3/c16-15(17)11-7-3-1-5-9(11)13-10-6-2-4-8-12(10)18-14-13/h1-8H. The Hall–Kier alpha value is -2.69. The largest absolute Gasteiger partial charge is 0.356 e. The predicted octanol–water partition coefficient (Wildman–Crippen LogP) is 3.40. The summed E-state index contributed by atoms with van der Waals surface area (Å²) >= 11 is 0. The average Bonchev–Trinajstić information content (AvgIpc) is 2.82. The maximum atomic E-state index is 11.0. The second-order valence-corrected chi connectivity index (χ2v) is 3.80. The molecule has 0 aliphatic rings. The molecule has 5 nitrogen and oxygen atoms in total. The Bertz CT molecular complexity index is 734. The van der Waals surface area contributed by atoms with Gasteiger partial charge in [-0.1, -0.05) is 29.4 Å². The number of hydrogen-bond acceptors (Lipinski definition) is 4. The fourth-order valence-corrected chi connectivity index (χ4v) is 1.91. The quantitative estimate of drug-likeness (QED) is 0.508. The first-order valence-electron chi connectivity index (χ1n) is 5.35. The molecule has 0 aliphatic heterocycles. The van der Waals surface area contributed by atoms with Crippen molar-refractivity contribution in [2.45, 2.75) is 0 Å². The van der Waals surface area contributed by atoms with Crippen LogP contribution in [0.3, 0.4) is 0 Å². The third-order valence-corrected chi connectivity index (χ3v) is 2.73. The van der Waals surface area contributed by atoms with Gasteiger partial charge in [-0.05, 0) is 18.2 Å². The predicted molar refractivity (Wildman–Crippen MR) is 66.1 cm³/mol. The van der Waals surface area contributed by atoms with E-state index >= 15 is 0 Å².